The number of carbonyl (C=O) groups is 1. The first-order chi connectivity index (χ1) is 15.2. The number of aromatic nitrogens is 2. The van der Waals surface area contributed by atoms with Crippen LogP contribution in [-0.4, -0.2) is 28.5 Å². The van der Waals surface area contributed by atoms with Crippen molar-refractivity contribution in [2.75, 3.05) is 23.3 Å². The van der Waals surface area contributed by atoms with Gasteiger partial charge >= 0.3 is 0 Å². The molecule has 0 radical (unpaired) electrons. The zero-order valence-electron chi connectivity index (χ0n) is 16.9. The maximum Gasteiger partial charge on any atom is 0.263 e. The molecule has 5 rings (SSSR count). The molecule has 0 aliphatic carbocycles. The minimum absolute atomic E-state index is 0.0736. The molecular weight excluding hydrogens is 428 g/mol. The van der Waals surface area contributed by atoms with Gasteiger partial charge in [-0.25, -0.2) is 4.98 Å². The van der Waals surface area contributed by atoms with Gasteiger partial charge in [-0.1, -0.05) is 18.2 Å². The van der Waals surface area contributed by atoms with Gasteiger partial charge in [0.2, 0.25) is 5.91 Å². The standard InChI is InChI=1S/C23H22N4O2S2/c28-20(25-17-7-2-3-8-18(17)26-10-4-1-5-11-26)13-27-15-24-22-21(23(27)29)16(14-31-22)19-9-6-12-30-19/h2-3,6-9,12,14-15H,1,4-5,10-11,13H2,(H,25,28). The smallest absolute Gasteiger partial charge is 0.263 e. The number of amides is 1. The molecule has 8 heteroatoms. The maximum atomic E-state index is 13.2. The second-order valence-corrected chi connectivity index (χ2v) is 9.40. The van der Waals surface area contributed by atoms with Crippen LogP contribution in [0, 0.1) is 0 Å². The van der Waals surface area contributed by atoms with Gasteiger partial charge in [-0.2, -0.15) is 0 Å². The molecule has 1 saturated heterocycles. The highest BCUT2D eigenvalue weighted by molar-refractivity contribution is 7.18. The van der Waals surface area contributed by atoms with Crippen LogP contribution in [0.2, 0.25) is 0 Å². The molecule has 1 fully saturated rings. The van der Waals surface area contributed by atoms with Crippen LogP contribution in [0.15, 0.2) is 58.3 Å². The number of nitrogens with one attached hydrogen (secondary N) is 1. The topological polar surface area (TPSA) is 67.2 Å². The zero-order chi connectivity index (χ0) is 21.2. The van der Waals surface area contributed by atoms with Crippen LogP contribution < -0.4 is 15.8 Å². The van der Waals surface area contributed by atoms with Crippen LogP contribution in [0.4, 0.5) is 11.4 Å². The number of benzene rings is 1. The molecule has 1 aromatic carbocycles. The molecule has 1 amide bonds. The van der Waals surface area contributed by atoms with E-state index in [1.54, 1.807) is 11.3 Å². The summed E-state index contributed by atoms with van der Waals surface area (Å²) >= 11 is 3.04. The van der Waals surface area contributed by atoms with Crippen molar-refractivity contribution in [2.24, 2.45) is 0 Å². The van der Waals surface area contributed by atoms with Crippen LogP contribution in [0.3, 0.4) is 0 Å². The quantitative estimate of drug-likeness (QED) is 0.474. The molecule has 6 nitrogen and oxygen atoms in total. The lowest BCUT2D eigenvalue weighted by Gasteiger charge is -2.30. The predicted molar refractivity (Wildman–Crippen MR) is 128 cm³/mol. The molecule has 0 spiro atoms. The Morgan fingerprint density at radius 2 is 1.90 bits per heavy atom. The Hall–Kier alpha value is -2.97. The van der Waals surface area contributed by atoms with E-state index in [4.69, 9.17) is 0 Å². The normalized spacial score (nSPS) is 14.1. The van der Waals surface area contributed by atoms with Crippen molar-refractivity contribution in [3.05, 3.63) is 63.8 Å². The van der Waals surface area contributed by atoms with Gasteiger partial charge in [-0.15, -0.1) is 22.7 Å². The average molecular weight is 451 g/mol. The second-order valence-electron chi connectivity index (χ2n) is 7.60. The summed E-state index contributed by atoms with van der Waals surface area (Å²) in [6, 6.07) is 11.8. The Bertz CT molecular complexity index is 1270. The minimum Gasteiger partial charge on any atom is -0.370 e. The van der Waals surface area contributed by atoms with E-state index in [9.17, 15) is 9.59 Å². The third kappa shape index (κ3) is 4.00. The van der Waals surface area contributed by atoms with Crippen molar-refractivity contribution in [3.63, 3.8) is 0 Å². The Morgan fingerprint density at radius 3 is 2.71 bits per heavy atom. The van der Waals surface area contributed by atoms with Gasteiger partial charge in [0.05, 0.1) is 23.1 Å². The fourth-order valence-corrected chi connectivity index (χ4v) is 5.75. The number of anilines is 2. The number of nitrogens with zero attached hydrogens (tertiary/aromatic N) is 3. The molecule has 0 saturated carbocycles. The number of hydrogen-bond acceptors (Lipinski definition) is 6. The van der Waals surface area contributed by atoms with E-state index in [2.05, 4.69) is 15.2 Å². The second kappa shape index (κ2) is 8.64. The van der Waals surface area contributed by atoms with E-state index in [0.29, 0.717) is 10.2 Å². The van der Waals surface area contributed by atoms with Crippen molar-refractivity contribution in [1.82, 2.24) is 9.55 Å². The Labute approximate surface area is 187 Å². The van der Waals surface area contributed by atoms with Crippen LogP contribution in [0.25, 0.3) is 20.7 Å². The van der Waals surface area contributed by atoms with Crippen molar-refractivity contribution < 1.29 is 4.79 Å². The lowest BCUT2D eigenvalue weighted by Crippen LogP contribution is -2.31. The Morgan fingerprint density at radius 1 is 1.06 bits per heavy atom. The van der Waals surface area contributed by atoms with E-state index in [0.717, 1.165) is 47.7 Å². The van der Waals surface area contributed by atoms with Crippen molar-refractivity contribution in [3.8, 4) is 10.4 Å². The lowest BCUT2D eigenvalue weighted by molar-refractivity contribution is -0.116. The Balaban J connectivity index is 1.40. The third-order valence-electron chi connectivity index (χ3n) is 5.54. The lowest BCUT2D eigenvalue weighted by atomic mass is 10.1. The summed E-state index contributed by atoms with van der Waals surface area (Å²) in [7, 11) is 0. The van der Waals surface area contributed by atoms with Gasteiger partial charge in [-0.05, 0) is 42.8 Å². The third-order valence-corrected chi connectivity index (χ3v) is 7.33. The molecule has 0 unspecified atom stereocenters. The van der Waals surface area contributed by atoms with Crippen LogP contribution in [0.5, 0.6) is 0 Å². The molecule has 1 aliphatic rings. The number of piperidine rings is 1. The molecule has 4 aromatic rings. The molecule has 3 aromatic heterocycles. The molecular formula is C23H22N4O2S2. The number of rotatable bonds is 5. The van der Waals surface area contributed by atoms with Gasteiger partial charge in [0.15, 0.2) is 0 Å². The summed E-state index contributed by atoms with van der Waals surface area (Å²) in [6.45, 7) is 1.92. The first kappa shape index (κ1) is 20.0. The monoisotopic (exact) mass is 450 g/mol. The summed E-state index contributed by atoms with van der Waals surface area (Å²) in [5, 5.41) is 7.53. The average Bonchev–Trinajstić information content (AvgIpc) is 3.47. The highest BCUT2D eigenvalue weighted by atomic mass is 32.1. The first-order valence-electron chi connectivity index (χ1n) is 10.3. The van der Waals surface area contributed by atoms with Crippen LogP contribution in [0.1, 0.15) is 19.3 Å². The Kier molecular flexibility index (Phi) is 5.57. The maximum absolute atomic E-state index is 13.2. The summed E-state index contributed by atoms with van der Waals surface area (Å²) < 4.78 is 1.39. The predicted octanol–water partition coefficient (Wildman–Crippen LogP) is 4.82. The molecule has 1 aliphatic heterocycles. The van der Waals surface area contributed by atoms with Gasteiger partial charge in [0.1, 0.15) is 11.4 Å². The molecule has 0 bridgehead atoms. The van der Waals surface area contributed by atoms with Crippen molar-refractivity contribution in [1.29, 1.82) is 0 Å². The number of fused-ring (bicyclic) bond motifs is 1. The van der Waals surface area contributed by atoms with Gasteiger partial charge < -0.3 is 10.2 Å². The number of para-hydroxylation sites is 2. The van der Waals surface area contributed by atoms with E-state index >= 15 is 0 Å². The highest BCUT2D eigenvalue weighted by Gasteiger charge is 2.18. The summed E-state index contributed by atoms with van der Waals surface area (Å²) in [6.07, 6.45) is 5.04. The zero-order valence-corrected chi connectivity index (χ0v) is 18.5. The van der Waals surface area contributed by atoms with Gasteiger partial charge in [0, 0.05) is 28.9 Å². The SMILES string of the molecule is O=C(Cn1cnc2scc(-c3cccs3)c2c1=O)Nc1ccccc1N1CCCCC1. The first-order valence-corrected chi connectivity index (χ1v) is 12.1. The molecule has 31 heavy (non-hydrogen) atoms. The molecule has 1 N–H and O–H groups in total. The van der Waals surface area contributed by atoms with Gasteiger partial charge in [-0.3, -0.25) is 14.2 Å². The van der Waals surface area contributed by atoms with Crippen molar-refractivity contribution in [2.45, 2.75) is 25.8 Å². The largest absolute Gasteiger partial charge is 0.370 e. The summed E-state index contributed by atoms with van der Waals surface area (Å²) in [5.41, 5.74) is 2.52. The number of hydrogen-bond donors (Lipinski definition) is 1. The minimum atomic E-state index is -0.236. The van der Waals surface area contributed by atoms with Crippen LogP contribution >= 0.6 is 22.7 Å². The van der Waals surface area contributed by atoms with Crippen LogP contribution in [-0.2, 0) is 11.3 Å². The van der Waals surface area contributed by atoms with Crippen molar-refractivity contribution >= 4 is 50.2 Å². The molecule has 4 heterocycles. The number of carbonyl (C=O) groups excluding carboxylic acids is 1. The van der Waals surface area contributed by atoms with Gasteiger partial charge in [0.25, 0.3) is 5.56 Å². The molecule has 158 valence electrons. The summed E-state index contributed by atoms with van der Waals surface area (Å²) in [5.74, 6) is -0.236. The molecule has 0 atom stereocenters. The van der Waals surface area contributed by atoms with E-state index in [-0.39, 0.29) is 18.0 Å². The van der Waals surface area contributed by atoms with E-state index < -0.39 is 0 Å². The summed E-state index contributed by atoms with van der Waals surface area (Å²) in [4.78, 5) is 34.5. The highest BCUT2D eigenvalue weighted by Crippen LogP contribution is 2.33. The van der Waals surface area contributed by atoms with E-state index in [1.165, 1.54) is 28.7 Å². The number of thiophene rings is 2. The fourth-order valence-electron chi connectivity index (χ4n) is 4.03. The van der Waals surface area contributed by atoms with E-state index in [1.807, 2.05) is 47.2 Å². The fraction of sp³-hybridized carbons (Fsp3) is 0.261.